The summed E-state index contributed by atoms with van der Waals surface area (Å²) in [5, 5.41) is 12.1. The molecule has 5 rings (SSSR count). The smallest absolute Gasteiger partial charge is 0.273 e. The Hall–Kier alpha value is -2.81. The highest BCUT2D eigenvalue weighted by Gasteiger charge is 2.19. The van der Waals surface area contributed by atoms with Crippen molar-refractivity contribution in [2.45, 2.75) is 17.5 Å². The zero-order valence-electron chi connectivity index (χ0n) is 16.5. The maximum atomic E-state index is 13.3. The van der Waals surface area contributed by atoms with Crippen LogP contribution >= 0.6 is 34.7 Å². The van der Waals surface area contributed by atoms with Crippen LogP contribution in [0.5, 0.6) is 5.75 Å². The summed E-state index contributed by atoms with van der Waals surface area (Å²) in [7, 11) is 1.63. The number of hydrogen-bond acceptors (Lipinski definition) is 6. The Bertz CT molecular complexity index is 1460. The highest BCUT2D eigenvalue weighted by molar-refractivity contribution is 7.98. The van der Waals surface area contributed by atoms with Crippen LogP contribution in [0.4, 0.5) is 0 Å². The fourth-order valence-corrected chi connectivity index (χ4v) is 5.55. The number of hydrogen-bond donors (Lipinski definition) is 0. The zero-order valence-corrected chi connectivity index (χ0v) is 18.9. The van der Waals surface area contributed by atoms with Crippen molar-refractivity contribution in [2.75, 3.05) is 7.11 Å². The minimum absolute atomic E-state index is 0.0848. The van der Waals surface area contributed by atoms with Crippen LogP contribution in [0.1, 0.15) is 11.1 Å². The van der Waals surface area contributed by atoms with Crippen LogP contribution in [0, 0.1) is 0 Å². The molecule has 3 aromatic heterocycles. The van der Waals surface area contributed by atoms with Gasteiger partial charge in [0.2, 0.25) is 5.78 Å². The van der Waals surface area contributed by atoms with Gasteiger partial charge >= 0.3 is 0 Å². The van der Waals surface area contributed by atoms with Crippen LogP contribution in [0.25, 0.3) is 16.0 Å². The Kier molecular flexibility index (Phi) is 5.43. The second-order valence-corrected chi connectivity index (χ2v) is 9.10. The molecule has 6 nitrogen and oxygen atoms in total. The lowest BCUT2D eigenvalue weighted by Crippen LogP contribution is -2.23. The van der Waals surface area contributed by atoms with Crippen molar-refractivity contribution >= 4 is 50.7 Å². The topological polar surface area (TPSA) is 61.4 Å². The van der Waals surface area contributed by atoms with Gasteiger partial charge in [-0.25, -0.2) is 0 Å². The van der Waals surface area contributed by atoms with Crippen molar-refractivity contribution in [1.29, 1.82) is 0 Å². The molecule has 0 unspecified atom stereocenters. The first-order valence-electron chi connectivity index (χ1n) is 9.50. The molecule has 9 heteroatoms. The summed E-state index contributed by atoms with van der Waals surface area (Å²) in [6.45, 7) is 0.341. The first kappa shape index (κ1) is 20.1. The van der Waals surface area contributed by atoms with E-state index in [9.17, 15) is 4.79 Å². The molecule has 3 heterocycles. The van der Waals surface area contributed by atoms with Crippen LogP contribution < -0.4 is 10.3 Å². The predicted octanol–water partition coefficient (Wildman–Crippen LogP) is 5.11. The van der Waals surface area contributed by atoms with E-state index in [-0.39, 0.29) is 5.56 Å². The molecule has 31 heavy (non-hydrogen) atoms. The van der Waals surface area contributed by atoms with E-state index in [1.807, 2.05) is 64.4 Å². The number of rotatable bonds is 6. The van der Waals surface area contributed by atoms with E-state index in [1.165, 1.54) is 11.3 Å². The highest BCUT2D eigenvalue weighted by Crippen LogP contribution is 2.29. The van der Waals surface area contributed by atoms with E-state index in [0.717, 1.165) is 27.4 Å². The lowest BCUT2D eigenvalue weighted by Gasteiger charge is -2.12. The summed E-state index contributed by atoms with van der Waals surface area (Å²) >= 11 is 9.27. The Morgan fingerprint density at radius 3 is 2.65 bits per heavy atom. The van der Waals surface area contributed by atoms with Gasteiger partial charge in [-0.2, -0.15) is 0 Å². The number of aromatic nitrogens is 4. The van der Waals surface area contributed by atoms with Crippen LogP contribution in [-0.2, 0) is 12.3 Å². The molecule has 0 aliphatic rings. The van der Waals surface area contributed by atoms with Crippen LogP contribution in [-0.4, -0.2) is 26.3 Å². The number of para-hydroxylation sites is 1. The fourth-order valence-electron chi connectivity index (χ4n) is 3.50. The minimum atomic E-state index is -0.0848. The third-order valence-corrected chi connectivity index (χ3v) is 7.26. The second kappa shape index (κ2) is 8.37. The van der Waals surface area contributed by atoms with Gasteiger partial charge in [-0.1, -0.05) is 59.8 Å². The molecular weight excluding hydrogens is 452 g/mol. The molecule has 2 aromatic carbocycles. The maximum absolute atomic E-state index is 13.3. The Morgan fingerprint density at radius 1 is 1.06 bits per heavy atom. The largest absolute Gasteiger partial charge is 0.496 e. The van der Waals surface area contributed by atoms with Crippen molar-refractivity contribution in [2.24, 2.45) is 0 Å². The standard InChI is InChI=1S/C22H17ClN4O2S2/c1-29-18-9-5-3-6-14(18)12-26-20(28)19-17(10-11-30-19)27-21(26)24-25-22(27)31-13-15-7-2-4-8-16(15)23/h2-11H,12-13H2,1H3. The Morgan fingerprint density at radius 2 is 1.84 bits per heavy atom. The van der Waals surface area contributed by atoms with Crippen LogP contribution in [0.15, 0.2) is 69.9 Å². The number of fused-ring (bicyclic) bond motifs is 3. The molecule has 0 saturated heterocycles. The number of thioether (sulfide) groups is 1. The average molecular weight is 469 g/mol. The van der Waals surface area contributed by atoms with E-state index in [1.54, 1.807) is 23.4 Å². The Balaban J connectivity index is 1.62. The SMILES string of the molecule is COc1ccccc1Cn1c(=O)c2sccc2n2c(SCc3ccccc3Cl)nnc12. The maximum Gasteiger partial charge on any atom is 0.273 e. The number of benzene rings is 2. The molecule has 0 amide bonds. The van der Waals surface area contributed by atoms with E-state index in [4.69, 9.17) is 16.3 Å². The lowest BCUT2D eigenvalue weighted by molar-refractivity contribution is 0.408. The van der Waals surface area contributed by atoms with Gasteiger partial charge in [0, 0.05) is 16.3 Å². The number of thiophene rings is 1. The van der Waals surface area contributed by atoms with Crippen molar-refractivity contribution in [1.82, 2.24) is 19.2 Å². The van der Waals surface area contributed by atoms with E-state index in [2.05, 4.69) is 10.2 Å². The molecule has 5 aromatic rings. The van der Waals surface area contributed by atoms with Crippen molar-refractivity contribution in [3.8, 4) is 5.75 Å². The molecule has 0 fully saturated rings. The molecule has 0 aliphatic heterocycles. The highest BCUT2D eigenvalue weighted by atomic mass is 35.5. The van der Waals surface area contributed by atoms with Gasteiger partial charge in [-0.3, -0.25) is 13.8 Å². The summed E-state index contributed by atoms with van der Waals surface area (Å²) in [5.74, 6) is 1.88. The first-order chi connectivity index (χ1) is 15.2. The quantitative estimate of drug-likeness (QED) is 0.324. The third kappa shape index (κ3) is 3.60. The summed E-state index contributed by atoms with van der Waals surface area (Å²) in [6, 6.07) is 17.4. The van der Waals surface area contributed by atoms with Gasteiger partial charge in [0.1, 0.15) is 10.4 Å². The first-order valence-corrected chi connectivity index (χ1v) is 11.7. The molecule has 0 spiro atoms. The molecule has 0 aliphatic carbocycles. The average Bonchev–Trinajstić information content (AvgIpc) is 3.43. The minimum Gasteiger partial charge on any atom is -0.496 e. The van der Waals surface area contributed by atoms with Gasteiger partial charge in [-0.05, 0) is 29.1 Å². The number of nitrogens with zero attached hydrogens (tertiary/aromatic N) is 4. The monoisotopic (exact) mass is 468 g/mol. The fraction of sp³-hybridized carbons (Fsp3) is 0.136. The lowest BCUT2D eigenvalue weighted by atomic mass is 10.2. The number of halogens is 1. The second-order valence-electron chi connectivity index (χ2n) is 6.84. The van der Waals surface area contributed by atoms with Gasteiger partial charge in [-0.15, -0.1) is 21.5 Å². The van der Waals surface area contributed by atoms with E-state index in [0.29, 0.717) is 27.9 Å². The molecule has 0 N–H and O–H groups in total. The van der Waals surface area contributed by atoms with Crippen molar-refractivity contribution in [3.63, 3.8) is 0 Å². The normalized spacial score (nSPS) is 11.4. The van der Waals surface area contributed by atoms with E-state index >= 15 is 0 Å². The van der Waals surface area contributed by atoms with Crippen LogP contribution in [0.3, 0.4) is 0 Å². The summed E-state index contributed by atoms with van der Waals surface area (Å²) in [6.07, 6.45) is 0. The molecule has 0 atom stereocenters. The van der Waals surface area contributed by atoms with Gasteiger partial charge in [0.25, 0.3) is 5.56 Å². The molecular formula is C22H17ClN4O2S2. The van der Waals surface area contributed by atoms with Crippen molar-refractivity contribution < 1.29 is 4.74 Å². The van der Waals surface area contributed by atoms with Crippen molar-refractivity contribution in [3.05, 3.63) is 86.5 Å². The third-order valence-electron chi connectivity index (χ3n) is 5.02. The summed E-state index contributed by atoms with van der Waals surface area (Å²) in [4.78, 5) is 13.3. The molecule has 0 bridgehead atoms. The van der Waals surface area contributed by atoms with Crippen LogP contribution in [0.2, 0.25) is 5.02 Å². The molecule has 0 saturated carbocycles. The number of methoxy groups -OCH3 is 1. The summed E-state index contributed by atoms with van der Waals surface area (Å²) in [5.41, 5.74) is 2.65. The molecule has 0 radical (unpaired) electrons. The number of ether oxygens (including phenoxy) is 1. The molecule has 156 valence electrons. The van der Waals surface area contributed by atoms with Gasteiger partial charge in [0.15, 0.2) is 5.16 Å². The summed E-state index contributed by atoms with van der Waals surface area (Å²) < 4.78 is 9.75. The zero-order chi connectivity index (χ0) is 21.4. The predicted molar refractivity (Wildman–Crippen MR) is 126 cm³/mol. The van der Waals surface area contributed by atoms with Gasteiger partial charge < -0.3 is 4.74 Å². The Labute approximate surface area is 191 Å². The van der Waals surface area contributed by atoms with Gasteiger partial charge in [0.05, 0.1) is 19.2 Å². The van der Waals surface area contributed by atoms with E-state index < -0.39 is 0 Å².